The van der Waals surface area contributed by atoms with E-state index in [0.717, 1.165) is 31.3 Å². The van der Waals surface area contributed by atoms with E-state index in [1.165, 1.54) is 19.4 Å². The molecule has 1 N–H and O–H groups in total. The minimum absolute atomic E-state index is 0.632. The Morgan fingerprint density at radius 1 is 1.53 bits per heavy atom. The van der Waals surface area contributed by atoms with E-state index in [9.17, 15) is 0 Å². The predicted molar refractivity (Wildman–Crippen MR) is 69.8 cm³/mol. The molecular formula is C14H24N2O. The van der Waals surface area contributed by atoms with Gasteiger partial charge < -0.3 is 9.73 Å². The molecule has 17 heavy (non-hydrogen) atoms. The Hall–Kier alpha value is -0.800. The summed E-state index contributed by atoms with van der Waals surface area (Å²) in [7, 11) is 0. The van der Waals surface area contributed by atoms with Crippen LogP contribution in [0.1, 0.15) is 32.4 Å². The van der Waals surface area contributed by atoms with Crippen molar-refractivity contribution in [2.24, 2.45) is 5.92 Å². The lowest BCUT2D eigenvalue weighted by atomic mass is 10.0. The van der Waals surface area contributed by atoms with Gasteiger partial charge in [0.05, 0.1) is 12.8 Å². The molecular weight excluding hydrogens is 212 g/mol. The minimum atomic E-state index is 0.632. The molecule has 1 atom stereocenters. The van der Waals surface area contributed by atoms with Crippen LogP contribution in [0.3, 0.4) is 0 Å². The molecule has 0 radical (unpaired) electrons. The highest BCUT2D eigenvalue weighted by Crippen LogP contribution is 2.12. The van der Waals surface area contributed by atoms with Crippen LogP contribution >= 0.6 is 0 Å². The van der Waals surface area contributed by atoms with Gasteiger partial charge in [-0.05, 0) is 44.0 Å². The Labute approximate surface area is 104 Å². The van der Waals surface area contributed by atoms with Crippen molar-refractivity contribution in [1.82, 2.24) is 10.2 Å². The fraction of sp³-hybridized carbons (Fsp3) is 0.714. The van der Waals surface area contributed by atoms with Gasteiger partial charge in [0.2, 0.25) is 0 Å². The van der Waals surface area contributed by atoms with E-state index >= 15 is 0 Å². The molecule has 1 unspecified atom stereocenters. The first-order chi connectivity index (χ1) is 8.24. The van der Waals surface area contributed by atoms with Gasteiger partial charge in [0.1, 0.15) is 5.76 Å². The van der Waals surface area contributed by atoms with E-state index in [1.807, 2.05) is 6.07 Å². The molecule has 1 fully saturated rings. The molecule has 1 aromatic rings. The first kappa shape index (κ1) is 12.7. The van der Waals surface area contributed by atoms with E-state index < -0.39 is 0 Å². The zero-order valence-corrected chi connectivity index (χ0v) is 11.0. The zero-order valence-electron chi connectivity index (χ0n) is 11.0. The maximum absolute atomic E-state index is 5.43. The van der Waals surface area contributed by atoms with Crippen LogP contribution in [0.25, 0.3) is 0 Å². The van der Waals surface area contributed by atoms with Gasteiger partial charge in [-0.25, -0.2) is 0 Å². The van der Waals surface area contributed by atoms with Crippen molar-refractivity contribution in [1.29, 1.82) is 0 Å². The van der Waals surface area contributed by atoms with Crippen molar-refractivity contribution in [2.75, 3.05) is 19.6 Å². The molecule has 0 saturated carbocycles. The number of rotatable bonds is 4. The Bertz CT molecular complexity index is 308. The van der Waals surface area contributed by atoms with Crippen LogP contribution < -0.4 is 5.32 Å². The maximum atomic E-state index is 5.43. The third kappa shape index (κ3) is 4.17. The third-order valence-corrected chi connectivity index (χ3v) is 3.28. The van der Waals surface area contributed by atoms with Gasteiger partial charge in [-0.1, -0.05) is 13.8 Å². The van der Waals surface area contributed by atoms with Gasteiger partial charge >= 0.3 is 0 Å². The van der Waals surface area contributed by atoms with E-state index in [-0.39, 0.29) is 0 Å². The fourth-order valence-corrected chi connectivity index (χ4v) is 2.57. The molecule has 0 bridgehead atoms. The van der Waals surface area contributed by atoms with Gasteiger partial charge in [0, 0.05) is 12.6 Å². The lowest BCUT2D eigenvalue weighted by molar-refractivity contribution is 0.230. The molecule has 1 aliphatic rings. The molecule has 0 aliphatic carbocycles. The fourth-order valence-electron chi connectivity index (χ4n) is 2.57. The van der Waals surface area contributed by atoms with E-state index in [2.05, 4.69) is 30.1 Å². The molecule has 0 spiro atoms. The molecule has 1 aliphatic heterocycles. The second kappa shape index (κ2) is 6.22. The summed E-state index contributed by atoms with van der Waals surface area (Å²) in [6.07, 6.45) is 4.25. The predicted octanol–water partition coefficient (Wildman–Crippen LogP) is 2.49. The van der Waals surface area contributed by atoms with E-state index in [1.54, 1.807) is 6.26 Å². The Morgan fingerprint density at radius 3 is 3.12 bits per heavy atom. The van der Waals surface area contributed by atoms with Crippen LogP contribution in [0.5, 0.6) is 0 Å². The monoisotopic (exact) mass is 236 g/mol. The van der Waals surface area contributed by atoms with Crippen LogP contribution in [0.15, 0.2) is 22.8 Å². The normalized spacial score (nSPS) is 22.9. The molecule has 0 amide bonds. The number of nitrogens with zero attached hydrogens (tertiary/aromatic N) is 1. The highest BCUT2D eigenvalue weighted by atomic mass is 16.3. The summed E-state index contributed by atoms with van der Waals surface area (Å²) < 4.78 is 5.43. The summed E-state index contributed by atoms with van der Waals surface area (Å²) in [6, 6.07) is 4.67. The molecule has 1 aromatic heterocycles. The number of nitrogens with one attached hydrogen (secondary N) is 1. The lowest BCUT2D eigenvalue weighted by Crippen LogP contribution is -2.38. The highest BCUT2D eigenvalue weighted by molar-refractivity contribution is 4.98. The van der Waals surface area contributed by atoms with Crippen molar-refractivity contribution < 1.29 is 4.42 Å². The first-order valence-corrected chi connectivity index (χ1v) is 6.72. The number of hydrogen-bond acceptors (Lipinski definition) is 3. The molecule has 3 heteroatoms. The maximum Gasteiger partial charge on any atom is 0.117 e. The van der Waals surface area contributed by atoms with Crippen LogP contribution in [-0.2, 0) is 6.54 Å². The molecule has 2 rings (SSSR count). The highest BCUT2D eigenvalue weighted by Gasteiger charge is 2.19. The molecule has 1 saturated heterocycles. The quantitative estimate of drug-likeness (QED) is 0.870. The molecule has 96 valence electrons. The first-order valence-electron chi connectivity index (χ1n) is 6.72. The second-order valence-electron chi connectivity index (χ2n) is 5.45. The van der Waals surface area contributed by atoms with E-state index in [0.29, 0.717) is 6.04 Å². The number of hydrogen-bond donors (Lipinski definition) is 1. The van der Waals surface area contributed by atoms with Crippen molar-refractivity contribution in [3.63, 3.8) is 0 Å². The van der Waals surface area contributed by atoms with Crippen molar-refractivity contribution in [3.8, 4) is 0 Å². The zero-order chi connectivity index (χ0) is 12.1. The SMILES string of the molecule is CC(C)CC1CN(Cc2ccco2)CCCN1. The van der Waals surface area contributed by atoms with Crippen LogP contribution in [-0.4, -0.2) is 30.6 Å². The second-order valence-corrected chi connectivity index (χ2v) is 5.45. The van der Waals surface area contributed by atoms with Gasteiger partial charge in [0.25, 0.3) is 0 Å². The minimum Gasteiger partial charge on any atom is -0.468 e. The van der Waals surface area contributed by atoms with Gasteiger partial charge in [-0.3, -0.25) is 4.90 Å². The molecule has 2 heterocycles. The molecule has 3 nitrogen and oxygen atoms in total. The largest absolute Gasteiger partial charge is 0.468 e. The Morgan fingerprint density at radius 2 is 2.41 bits per heavy atom. The molecule has 0 aromatic carbocycles. The topological polar surface area (TPSA) is 28.4 Å². The van der Waals surface area contributed by atoms with Crippen LogP contribution in [0.2, 0.25) is 0 Å². The van der Waals surface area contributed by atoms with Crippen molar-refractivity contribution in [3.05, 3.63) is 24.2 Å². The van der Waals surface area contributed by atoms with Crippen molar-refractivity contribution >= 4 is 0 Å². The Kier molecular flexibility index (Phi) is 4.63. The summed E-state index contributed by atoms with van der Waals surface area (Å²) >= 11 is 0. The third-order valence-electron chi connectivity index (χ3n) is 3.28. The van der Waals surface area contributed by atoms with Crippen LogP contribution in [0.4, 0.5) is 0 Å². The summed E-state index contributed by atoms with van der Waals surface area (Å²) in [5.74, 6) is 1.84. The lowest BCUT2D eigenvalue weighted by Gasteiger charge is -2.24. The average molecular weight is 236 g/mol. The smallest absolute Gasteiger partial charge is 0.117 e. The average Bonchev–Trinajstić information content (AvgIpc) is 2.66. The van der Waals surface area contributed by atoms with Gasteiger partial charge in [-0.2, -0.15) is 0 Å². The Balaban J connectivity index is 1.88. The standard InChI is InChI=1S/C14H24N2O/c1-12(2)9-13-10-16(7-4-6-15-13)11-14-5-3-8-17-14/h3,5,8,12-13,15H,4,6-7,9-11H2,1-2H3. The van der Waals surface area contributed by atoms with Crippen LogP contribution in [0, 0.1) is 5.92 Å². The van der Waals surface area contributed by atoms with Gasteiger partial charge in [0.15, 0.2) is 0 Å². The van der Waals surface area contributed by atoms with Crippen molar-refractivity contribution in [2.45, 2.75) is 39.3 Å². The summed E-state index contributed by atoms with van der Waals surface area (Å²) in [6.45, 7) is 8.99. The summed E-state index contributed by atoms with van der Waals surface area (Å²) in [4.78, 5) is 2.51. The van der Waals surface area contributed by atoms with E-state index in [4.69, 9.17) is 4.42 Å². The summed E-state index contributed by atoms with van der Waals surface area (Å²) in [5, 5.41) is 3.65. The number of furan rings is 1. The summed E-state index contributed by atoms with van der Waals surface area (Å²) in [5.41, 5.74) is 0. The van der Waals surface area contributed by atoms with Gasteiger partial charge in [-0.15, -0.1) is 0 Å².